The van der Waals surface area contributed by atoms with Crippen molar-refractivity contribution in [2.75, 3.05) is 0 Å². The van der Waals surface area contributed by atoms with Crippen LogP contribution in [0.5, 0.6) is 17.4 Å². The first-order valence-electron chi connectivity index (χ1n) is 8.16. The van der Waals surface area contributed by atoms with E-state index in [9.17, 15) is 10.1 Å². The molecule has 1 aliphatic carbocycles. The number of halogens is 1. The molecular weight excluding hydrogens is 402 g/mol. The smallest absolute Gasteiger partial charge is 0.344 e. The van der Waals surface area contributed by atoms with Crippen molar-refractivity contribution in [3.63, 3.8) is 0 Å². The maximum atomic E-state index is 11.0. The fourth-order valence-corrected chi connectivity index (χ4v) is 3.12. The van der Waals surface area contributed by atoms with Crippen molar-refractivity contribution in [1.82, 2.24) is 9.78 Å². The number of hydrogen-bond acceptors (Lipinski definition) is 5. The number of benzene rings is 1. The molecule has 0 saturated heterocycles. The number of carboxylic acid groups (broad SMARTS) is 1. The Labute approximate surface area is 159 Å². The molecule has 2 aromatic rings. The van der Waals surface area contributed by atoms with Crippen LogP contribution >= 0.6 is 15.9 Å². The van der Waals surface area contributed by atoms with E-state index in [-0.39, 0.29) is 0 Å². The van der Waals surface area contributed by atoms with Gasteiger partial charge >= 0.3 is 5.97 Å². The molecule has 0 radical (unpaired) electrons. The van der Waals surface area contributed by atoms with E-state index in [0.717, 1.165) is 24.1 Å². The molecule has 1 heterocycles. The lowest BCUT2D eigenvalue weighted by atomic mass is 10.2. The molecule has 1 aromatic carbocycles. The molecule has 1 aliphatic rings. The van der Waals surface area contributed by atoms with Crippen molar-refractivity contribution in [2.45, 2.75) is 38.7 Å². The van der Waals surface area contributed by atoms with Gasteiger partial charge in [-0.25, -0.2) is 9.48 Å². The molecule has 1 atom stereocenters. The van der Waals surface area contributed by atoms with Crippen molar-refractivity contribution in [1.29, 1.82) is 5.26 Å². The van der Waals surface area contributed by atoms with Gasteiger partial charge in [0.2, 0.25) is 5.88 Å². The maximum absolute atomic E-state index is 11.0. The monoisotopic (exact) mass is 419 g/mol. The topological polar surface area (TPSA) is 97.4 Å². The predicted octanol–water partition coefficient (Wildman–Crippen LogP) is 3.88. The van der Waals surface area contributed by atoms with Crippen molar-refractivity contribution >= 4 is 21.9 Å². The Hall–Kier alpha value is -2.53. The normalized spacial score (nSPS) is 14.6. The van der Waals surface area contributed by atoms with Gasteiger partial charge in [-0.15, -0.1) is 0 Å². The molecule has 7 nitrogen and oxygen atoms in total. The predicted molar refractivity (Wildman–Crippen MR) is 96.6 cm³/mol. The largest absolute Gasteiger partial charge is 0.479 e. The van der Waals surface area contributed by atoms with Crippen LogP contribution in [0.15, 0.2) is 16.6 Å². The first-order chi connectivity index (χ1) is 12.3. The molecule has 1 saturated carbocycles. The number of carbonyl (C=O) groups is 1. The molecule has 136 valence electrons. The summed E-state index contributed by atoms with van der Waals surface area (Å²) in [5.41, 5.74) is 2.03. The van der Waals surface area contributed by atoms with E-state index < -0.39 is 12.1 Å². The van der Waals surface area contributed by atoms with E-state index in [1.807, 2.05) is 6.92 Å². The number of aryl methyl sites for hydroxylation is 2. The number of aliphatic carboxylic acids is 1. The summed E-state index contributed by atoms with van der Waals surface area (Å²) >= 11 is 3.37. The van der Waals surface area contributed by atoms with Crippen LogP contribution in [0.4, 0.5) is 0 Å². The Balaban J connectivity index is 1.95. The minimum Gasteiger partial charge on any atom is -0.479 e. The lowest BCUT2D eigenvalue weighted by molar-refractivity contribution is -0.144. The van der Waals surface area contributed by atoms with E-state index in [1.165, 1.54) is 6.92 Å². The molecule has 1 fully saturated rings. The Morgan fingerprint density at radius 3 is 2.73 bits per heavy atom. The number of rotatable bonds is 6. The highest BCUT2D eigenvalue weighted by atomic mass is 79.9. The highest BCUT2D eigenvalue weighted by Crippen LogP contribution is 2.44. The van der Waals surface area contributed by atoms with Gasteiger partial charge in [0.1, 0.15) is 23.1 Å². The van der Waals surface area contributed by atoms with Gasteiger partial charge < -0.3 is 14.6 Å². The third-order valence-corrected chi connectivity index (χ3v) is 4.80. The minimum atomic E-state index is -1.06. The standard InChI is InChI=1S/C18H18BrN3O4/c1-9-6-13(19)15(25-10(2)18(23)24)7-14(9)26-17-12(8-20)16(11-4-5-11)21-22(17)3/h6-7,10-11H,4-5H2,1-3H3,(H,23,24)/t10-/m0/s1. The van der Waals surface area contributed by atoms with Crippen LogP contribution in [-0.2, 0) is 11.8 Å². The molecule has 0 bridgehead atoms. The first-order valence-corrected chi connectivity index (χ1v) is 8.95. The second kappa shape index (κ2) is 7.00. The van der Waals surface area contributed by atoms with Gasteiger partial charge in [-0.2, -0.15) is 10.4 Å². The third-order valence-electron chi connectivity index (χ3n) is 4.19. The zero-order valence-corrected chi connectivity index (χ0v) is 16.2. The Morgan fingerprint density at radius 1 is 1.46 bits per heavy atom. The Kier molecular flexibility index (Phi) is 4.92. The molecule has 0 spiro atoms. The molecule has 0 aliphatic heterocycles. The van der Waals surface area contributed by atoms with Crippen LogP contribution in [0, 0.1) is 18.3 Å². The van der Waals surface area contributed by atoms with Crippen molar-refractivity contribution in [3.8, 4) is 23.4 Å². The molecule has 3 rings (SSSR count). The third kappa shape index (κ3) is 3.53. The Bertz CT molecular complexity index is 912. The van der Waals surface area contributed by atoms with Crippen LogP contribution in [0.1, 0.15) is 42.5 Å². The van der Waals surface area contributed by atoms with Crippen LogP contribution in [0.25, 0.3) is 0 Å². The summed E-state index contributed by atoms with van der Waals surface area (Å²) in [6, 6.07) is 5.59. The lowest BCUT2D eigenvalue weighted by Gasteiger charge is -2.15. The van der Waals surface area contributed by atoms with Crippen LogP contribution in [0.3, 0.4) is 0 Å². The first kappa shape index (κ1) is 18.3. The summed E-state index contributed by atoms with van der Waals surface area (Å²) in [6.45, 7) is 3.31. The molecule has 0 amide bonds. The van der Waals surface area contributed by atoms with Crippen LogP contribution in [-0.4, -0.2) is 27.0 Å². The zero-order chi connectivity index (χ0) is 19.0. The number of nitrogens with zero attached hydrogens (tertiary/aromatic N) is 3. The van der Waals surface area contributed by atoms with E-state index in [1.54, 1.807) is 23.9 Å². The van der Waals surface area contributed by atoms with Gasteiger partial charge in [0.25, 0.3) is 0 Å². The van der Waals surface area contributed by atoms with Gasteiger partial charge in [-0.3, -0.25) is 0 Å². The summed E-state index contributed by atoms with van der Waals surface area (Å²) < 4.78 is 13.6. The molecule has 1 aromatic heterocycles. The van der Waals surface area contributed by atoms with Gasteiger partial charge in [-0.05, 0) is 54.2 Å². The summed E-state index contributed by atoms with van der Waals surface area (Å²) in [7, 11) is 1.74. The second-order valence-corrected chi connectivity index (χ2v) is 7.18. The summed E-state index contributed by atoms with van der Waals surface area (Å²) in [5, 5.41) is 23.0. The van der Waals surface area contributed by atoms with Crippen molar-refractivity contribution < 1.29 is 19.4 Å². The van der Waals surface area contributed by atoms with Crippen LogP contribution < -0.4 is 9.47 Å². The second-order valence-electron chi connectivity index (χ2n) is 6.32. The van der Waals surface area contributed by atoms with Crippen molar-refractivity contribution in [2.24, 2.45) is 7.05 Å². The molecule has 8 heteroatoms. The SMILES string of the molecule is Cc1cc(Br)c(O[C@@H](C)C(=O)O)cc1Oc1c(C#N)c(C2CC2)nn1C. The molecule has 26 heavy (non-hydrogen) atoms. The fourth-order valence-electron chi connectivity index (χ4n) is 2.57. The van der Waals surface area contributed by atoms with Gasteiger partial charge in [0.05, 0.1) is 10.2 Å². The summed E-state index contributed by atoms with van der Waals surface area (Å²) in [4.78, 5) is 11.0. The number of nitriles is 1. The Morgan fingerprint density at radius 2 is 2.15 bits per heavy atom. The van der Waals surface area contributed by atoms with E-state index in [4.69, 9.17) is 14.6 Å². The molecular formula is C18H18BrN3O4. The van der Waals surface area contributed by atoms with Crippen molar-refractivity contribution in [3.05, 3.63) is 33.4 Å². The van der Waals surface area contributed by atoms with Gasteiger partial charge in [0.15, 0.2) is 6.10 Å². The minimum absolute atomic E-state index is 0.328. The number of aromatic nitrogens is 2. The molecule has 1 N–H and O–H groups in total. The number of hydrogen-bond donors (Lipinski definition) is 1. The highest BCUT2D eigenvalue weighted by molar-refractivity contribution is 9.10. The fraction of sp³-hybridized carbons (Fsp3) is 0.389. The number of ether oxygens (including phenoxy) is 2. The maximum Gasteiger partial charge on any atom is 0.344 e. The lowest BCUT2D eigenvalue weighted by Crippen LogP contribution is -2.23. The van der Waals surface area contributed by atoms with E-state index >= 15 is 0 Å². The highest BCUT2D eigenvalue weighted by Gasteiger charge is 2.32. The average molecular weight is 420 g/mol. The number of carboxylic acids is 1. The summed E-state index contributed by atoms with van der Waals surface area (Å²) in [6.07, 6.45) is 1.07. The molecule has 0 unspecified atom stereocenters. The summed E-state index contributed by atoms with van der Waals surface area (Å²) in [5.74, 6) is 0.463. The van der Waals surface area contributed by atoms with E-state index in [2.05, 4.69) is 27.1 Å². The quantitative estimate of drug-likeness (QED) is 0.762. The van der Waals surface area contributed by atoms with Crippen LogP contribution in [0.2, 0.25) is 0 Å². The average Bonchev–Trinajstić information content (AvgIpc) is 3.37. The zero-order valence-electron chi connectivity index (χ0n) is 14.6. The van der Waals surface area contributed by atoms with Gasteiger partial charge in [0, 0.05) is 19.0 Å². The van der Waals surface area contributed by atoms with E-state index in [0.29, 0.717) is 33.3 Å². The van der Waals surface area contributed by atoms with Gasteiger partial charge in [-0.1, -0.05) is 0 Å².